The van der Waals surface area contributed by atoms with Crippen LogP contribution in [0.2, 0.25) is 0 Å². The summed E-state index contributed by atoms with van der Waals surface area (Å²) in [7, 11) is -3.41. The van der Waals surface area contributed by atoms with Crippen LogP contribution in [-0.4, -0.2) is 62.6 Å². The average Bonchev–Trinajstić information content (AvgIpc) is 2.82. The van der Waals surface area contributed by atoms with E-state index in [0.717, 1.165) is 50.2 Å². The van der Waals surface area contributed by atoms with Crippen LogP contribution in [0.25, 0.3) is 0 Å². The average molecular weight is 473 g/mol. The number of piperidine rings is 1. The molecule has 3 heterocycles. The van der Waals surface area contributed by atoms with Crippen molar-refractivity contribution in [1.29, 1.82) is 0 Å². The van der Waals surface area contributed by atoms with Gasteiger partial charge in [0.05, 0.1) is 18.1 Å². The smallest absolute Gasteiger partial charge is 0.313 e. The Labute approximate surface area is 193 Å². The second-order valence-corrected chi connectivity index (χ2v) is 10.3. The number of carbonyl (C=O) groups excluding carboxylic acids is 2. The normalized spacial score (nSPS) is 16.8. The van der Waals surface area contributed by atoms with E-state index >= 15 is 0 Å². The summed E-state index contributed by atoms with van der Waals surface area (Å²) in [6.07, 6.45) is 9.48. The Hall–Kier alpha value is -3.21. The zero-order valence-electron chi connectivity index (χ0n) is 18.5. The van der Waals surface area contributed by atoms with Crippen molar-refractivity contribution in [2.45, 2.75) is 25.7 Å². The van der Waals surface area contributed by atoms with E-state index in [-0.39, 0.29) is 5.92 Å². The van der Waals surface area contributed by atoms with E-state index < -0.39 is 21.8 Å². The molecule has 0 radical (unpaired) electrons. The largest absolute Gasteiger partial charge is 0.355 e. The third-order valence-electron chi connectivity index (χ3n) is 6.07. The Morgan fingerprint density at radius 1 is 1.12 bits per heavy atom. The van der Waals surface area contributed by atoms with Crippen LogP contribution < -0.4 is 19.8 Å². The van der Waals surface area contributed by atoms with Crippen molar-refractivity contribution in [3.63, 3.8) is 0 Å². The van der Waals surface area contributed by atoms with Crippen molar-refractivity contribution in [2.75, 3.05) is 47.0 Å². The van der Waals surface area contributed by atoms with E-state index in [4.69, 9.17) is 0 Å². The summed E-state index contributed by atoms with van der Waals surface area (Å²) < 4.78 is 25.5. The summed E-state index contributed by atoms with van der Waals surface area (Å²) in [6.45, 7) is 2.46. The number of aryl methyl sites for hydroxylation is 1. The number of hydrogen-bond acceptors (Lipinski definition) is 7. The number of hydrogen-bond donors (Lipinski definition) is 2. The highest BCUT2D eigenvalue weighted by Crippen LogP contribution is 2.31. The molecule has 2 N–H and O–H groups in total. The van der Waals surface area contributed by atoms with Crippen LogP contribution >= 0.6 is 0 Å². The second-order valence-electron chi connectivity index (χ2n) is 8.44. The molecule has 0 saturated carbocycles. The molecule has 176 valence electrons. The maximum Gasteiger partial charge on any atom is 0.313 e. The number of amides is 2. The fraction of sp³-hybridized carbons (Fsp3) is 0.455. The first-order valence-corrected chi connectivity index (χ1v) is 12.9. The molecule has 1 aromatic carbocycles. The summed E-state index contributed by atoms with van der Waals surface area (Å²) in [5, 5.41) is 5.30. The van der Waals surface area contributed by atoms with Gasteiger partial charge in [-0.25, -0.2) is 13.4 Å². The highest BCUT2D eigenvalue weighted by atomic mass is 32.2. The monoisotopic (exact) mass is 472 g/mol. The highest BCUT2D eigenvalue weighted by molar-refractivity contribution is 7.92. The third kappa shape index (κ3) is 5.59. The Kier molecular flexibility index (Phi) is 6.77. The summed E-state index contributed by atoms with van der Waals surface area (Å²) in [6, 6.07) is 5.10. The number of benzene rings is 1. The maximum absolute atomic E-state index is 12.4. The van der Waals surface area contributed by atoms with Gasteiger partial charge >= 0.3 is 11.8 Å². The molecule has 0 aliphatic carbocycles. The number of carbonyl (C=O) groups is 2. The number of rotatable bonds is 5. The molecule has 10 nitrogen and oxygen atoms in total. The molecular weight excluding hydrogens is 444 g/mol. The van der Waals surface area contributed by atoms with Gasteiger partial charge in [-0.3, -0.25) is 18.9 Å². The minimum absolute atomic E-state index is 0.279. The zero-order valence-corrected chi connectivity index (χ0v) is 19.3. The molecule has 2 aromatic rings. The fourth-order valence-electron chi connectivity index (χ4n) is 4.29. The zero-order chi connectivity index (χ0) is 23.4. The molecule has 0 bridgehead atoms. The molecule has 1 fully saturated rings. The molecule has 2 aliphatic rings. The summed E-state index contributed by atoms with van der Waals surface area (Å²) in [4.78, 5) is 35.3. The molecule has 0 atom stereocenters. The highest BCUT2D eigenvalue weighted by Gasteiger charge is 2.25. The SMILES string of the molecule is CS(=O)(=O)N1CCCc2ccc(NC(=O)C(=O)NCC3CCN(c4cnccn4)CC3)cc21. The van der Waals surface area contributed by atoms with E-state index in [2.05, 4.69) is 25.5 Å². The summed E-state index contributed by atoms with van der Waals surface area (Å²) in [5.41, 5.74) is 1.85. The Balaban J connectivity index is 1.29. The van der Waals surface area contributed by atoms with Crippen LogP contribution in [0.4, 0.5) is 17.2 Å². The molecule has 1 saturated heterocycles. The maximum atomic E-state index is 12.4. The van der Waals surface area contributed by atoms with Gasteiger partial charge in [-0.1, -0.05) is 6.07 Å². The van der Waals surface area contributed by atoms with Crippen molar-refractivity contribution in [2.24, 2.45) is 5.92 Å². The standard InChI is InChI=1S/C22H28N6O4S/c1-33(31,32)28-10-2-3-17-4-5-18(13-19(17)28)26-22(30)21(29)25-14-16-6-11-27(12-7-16)20-15-23-8-9-24-20/h4-5,8-9,13,15-16H,2-3,6-7,10-12,14H2,1H3,(H,25,29)(H,26,30). The Bertz CT molecular complexity index is 1120. The van der Waals surface area contributed by atoms with E-state index in [9.17, 15) is 18.0 Å². The first-order valence-electron chi connectivity index (χ1n) is 11.0. The quantitative estimate of drug-likeness (QED) is 0.626. The molecule has 2 amide bonds. The van der Waals surface area contributed by atoms with Crippen LogP contribution in [0.3, 0.4) is 0 Å². The van der Waals surface area contributed by atoms with E-state index in [0.29, 0.717) is 24.5 Å². The number of sulfonamides is 1. The number of aromatic nitrogens is 2. The van der Waals surface area contributed by atoms with E-state index in [1.165, 1.54) is 10.6 Å². The molecule has 0 spiro atoms. The van der Waals surface area contributed by atoms with Gasteiger partial charge < -0.3 is 15.5 Å². The lowest BCUT2D eigenvalue weighted by Gasteiger charge is -2.32. The molecule has 33 heavy (non-hydrogen) atoms. The lowest BCUT2D eigenvalue weighted by atomic mass is 9.97. The first-order chi connectivity index (χ1) is 15.8. The minimum Gasteiger partial charge on any atom is -0.355 e. The Morgan fingerprint density at radius 2 is 1.91 bits per heavy atom. The molecule has 11 heteroatoms. The van der Waals surface area contributed by atoms with Crippen LogP contribution in [0.15, 0.2) is 36.8 Å². The minimum atomic E-state index is -3.41. The van der Waals surface area contributed by atoms with Crippen molar-refractivity contribution in [1.82, 2.24) is 15.3 Å². The predicted octanol–water partition coefficient (Wildman–Crippen LogP) is 1.16. The van der Waals surface area contributed by atoms with Crippen LogP contribution in [0.1, 0.15) is 24.8 Å². The van der Waals surface area contributed by atoms with Crippen LogP contribution in [-0.2, 0) is 26.0 Å². The molecule has 2 aliphatic heterocycles. The van der Waals surface area contributed by atoms with Gasteiger partial charge in [0.2, 0.25) is 10.0 Å². The number of fused-ring (bicyclic) bond motifs is 1. The van der Waals surface area contributed by atoms with Crippen molar-refractivity contribution >= 4 is 39.0 Å². The molecule has 0 unspecified atom stereocenters. The van der Waals surface area contributed by atoms with Crippen molar-refractivity contribution < 1.29 is 18.0 Å². The lowest BCUT2D eigenvalue weighted by Crippen LogP contribution is -2.42. The Morgan fingerprint density at radius 3 is 2.61 bits per heavy atom. The fourth-order valence-corrected chi connectivity index (χ4v) is 5.28. The van der Waals surface area contributed by atoms with Gasteiger partial charge in [-0.15, -0.1) is 0 Å². The third-order valence-corrected chi connectivity index (χ3v) is 7.25. The number of nitrogens with one attached hydrogen (secondary N) is 2. The van der Waals surface area contributed by atoms with E-state index in [1.807, 2.05) is 0 Å². The van der Waals surface area contributed by atoms with Gasteiger partial charge in [-0.2, -0.15) is 0 Å². The van der Waals surface area contributed by atoms with Gasteiger partial charge in [0.1, 0.15) is 5.82 Å². The van der Waals surface area contributed by atoms with E-state index in [1.54, 1.807) is 36.8 Å². The number of nitrogens with zero attached hydrogens (tertiary/aromatic N) is 4. The van der Waals surface area contributed by atoms with Gasteiger partial charge in [0, 0.05) is 44.3 Å². The second kappa shape index (κ2) is 9.74. The molecule has 4 rings (SSSR count). The summed E-state index contributed by atoms with van der Waals surface area (Å²) in [5.74, 6) is -0.349. The topological polar surface area (TPSA) is 125 Å². The van der Waals surface area contributed by atoms with Crippen LogP contribution in [0.5, 0.6) is 0 Å². The van der Waals surface area contributed by atoms with Crippen molar-refractivity contribution in [3.05, 3.63) is 42.4 Å². The first kappa shape index (κ1) is 23.0. The number of anilines is 3. The molecular formula is C22H28N6O4S. The molecule has 1 aromatic heterocycles. The van der Waals surface area contributed by atoms with Gasteiger partial charge in [0.15, 0.2) is 0 Å². The lowest BCUT2D eigenvalue weighted by molar-refractivity contribution is -0.136. The van der Waals surface area contributed by atoms with Gasteiger partial charge in [-0.05, 0) is 49.3 Å². The van der Waals surface area contributed by atoms with Crippen molar-refractivity contribution in [3.8, 4) is 0 Å². The summed E-state index contributed by atoms with van der Waals surface area (Å²) >= 11 is 0. The van der Waals surface area contributed by atoms with Crippen LogP contribution in [0, 0.1) is 5.92 Å². The van der Waals surface area contributed by atoms with Gasteiger partial charge in [0.25, 0.3) is 0 Å². The predicted molar refractivity (Wildman–Crippen MR) is 126 cm³/mol.